The van der Waals surface area contributed by atoms with Gasteiger partial charge in [-0.2, -0.15) is 0 Å². The van der Waals surface area contributed by atoms with Crippen molar-refractivity contribution in [3.8, 4) is 11.8 Å². The van der Waals surface area contributed by atoms with Gasteiger partial charge in [0.1, 0.15) is 5.75 Å². The van der Waals surface area contributed by atoms with E-state index in [2.05, 4.69) is 42.9 Å². The van der Waals surface area contributed by atoms with Gasteiger partial charge in [0, 0.05) is 18.0 Å². The molecule has 2 aromatic rings. The first-order valence-electron chi connectivity index (χ1n) is 6.46. The largest absolute Gasteiger partial charge is 0.424 e. The minimum Gasteiger partial charge on any atom is -0.424 e. The molecule has 1 heterocycles. The molecule has 0 saturated heterocycles. The zero-order valence-electron chi connectivity index (χ0n) is 12.2. The van der Waals surface area contributed by atoms with Crippen molar-refractivity contribution in [3.63, 3.8) is 0 Å². The van der Waals surface area contributed by atoms with Crippen LogP contribution in [0.4, 0.5) is 0 Å². The van der Waals surface area contributed by atoms with Crippen LogP contribution in [0.5, 0.6) is 11.8 Å². The van der Waals surface area contributed by atoms with Gasteiger partial charge in [-0.1, -0.05) is 32.9 Å². The molecule has 2 rings (SSSR count). The SMILES string of the molecule is Cc1ccc(C(C)(C)C)c(Oc2ncc(C=O)cn2)c1. The molecule has 0 unspecified atom stereocenters. The van der Waals surface area contributed by atoms with Crippen LogP contribution in [0.3, 0.4) is 0 Å². The molecule has 0 radical (unpaired) electrons. The smallest absolute Gasteiger partial charge is 0.321 e. The summed E-state index contributed by atoms with van der Waals surface area (Å²) in [5.74, 6) is 0.747. The maximum absolute atomic E-state index is 10.6. The minimum atomic E-state index is -0.0359. The van der Waals surface area contributed by atoms with E-state index >= 15 is 0 Å². The van der Waals surface area contributed by atoms with Crippen LogP contribution in [0, 0.1) is 6.92 Å². The number of hydrogen-bond donors (Lipinski definition) is 0. The lowest BCUT2D eigenvalue weighted by molar-refractivity contribution is 0.112. The van der Waals surface area contributed by atoms with Gasteiger partial charge >= 0.3 is 6.01 Å². The second-order valence-corrected chi connectivity index (χ2v) is 5.77. The molecule has 20 heavy (non-hydrogen) atoms. The van der Waals surface area contributed by atoms with Crippen molar-refractivity contribution in [2.75, 3.05) is 0 Å². The van der Waals surface area contributed by atoms with Crippen molar-refractivity contribution in [2.24, 2.45) is 0 Å². The van der Waals surface area contributed by atoms with E-state index in [1.165, 1.54) is 12.4 Å². The van der Waals surface area contributed by atoms with Crippen LogP contribution in [0.15, 0.2) is 30.6 Å². The lowest BCUT2D eigenvalue weighted by Crippen LogP contribution is -2.13. The number of benzene rings is 1. The van der Waals surface area contributed by atoms with E-state index < -0.39 is 0 Å². The second kappa shape index (κ2) is 5.41. The molecule has 0 aliphatic carbocycles. The highest BCUT2D eigenvalue weighted by Gasteiger charge is 2.19. The lowest BCUT2D eigenvalue weighted by Gasteiger charge is -2.22. The van der Waals surface area contributed by atoms with E-state index in [1.807, 2.05) is 13.0 Å². The molecular weight excluding hydrogens is 252 g/mol. The van der Waals surface area contributed by atoms with Gasteiger partial charge in [-0.3, -0.25) is 4.79 Å². The van der Waals surface area contributed by atoms with Gasteiger partial charge in [-0.25, -0.2) is 9.97 Å². The Morgan fingerprint density at radius 2 is 1.80 bits per heavy atom. The predicted octanol–water partition coefficient (Wildman–Crippen LogP) is 3.69. The monoisotopic (exact) mass is 270 g/mol. The Hall–Kier alpha value is -2.23. The molecule has 0 N–H and O–H groups in total. The third-order valence-corrected chi connectivity index (χ3v) is 2.93. The van der Waals surface area contributed by atoms with Gasteiger partial charge in [0.25, 0.3) is 0 Å². The summed E-state index contributed by atoms with van der Waals surface area (Å²) in [5, 5.41) is 0. The summed E-state index contributed by atoms with van der Waals surface area (Å²) in [4.78, 5) is 18.7. The zero-order chi connectivity index (χ0) is 14.8. The Labute approximate surface area is 118 Å². The third kappa shape index (κ3) is 3.20. The summed E-state index contributed by atoms with van der Waals surface area (Å²) in [7, 11) is 0. The molecule has 0 aliphatic rings. The summed E-state index contributed by atoms with van der Waals surface area (Å²) in [6.45, 7) is 8.39. The Bertz CT molecular complexity index is 613. The fraction of sp³-hybridized carbons (Fsp3) is 0.312. The summed E-state index contributed by atoms with van der Waals surface area (Å²) in [6, 6.07) is 6.33. The van der Waals surface area contributed by atoms with Crippen molar-refractivity contribution >= 4 is 6.29 Å². The quantitative estimate of drug-likeness (QED) is 0.798. The van der Waals surface area contributed by atoms with E-state index in [9.17, 15) is 4.79 Å². The minimum absolute atomic E-state index is 0.0359. The highest BCUT2D eigenvalue weighted by molar-refractivity contribution is 5.73. The van der Waals surface area contributed by atoms with Crippen molar-refractivity contribution in [2.45, 2.75) is 33.1 Å². The third-order valence-electron chi connectivity index (χ3n) is 2.93. The first-order chi connectivity index (χ1) is 9.40. The molecule has 4 nitrogen and oxygen atoms in total. The molecule has 0 bridgehead atoms. The molecule has 104 valence electrons. The van der Waals surface area contributed by atoms with Gasteiger partial charge in [0.15, 0.2) is 6.29 Å². The van der Waals surface area contributed by atoms with Crippen molar-refractivity contribution < 1.29 is 9.53 Å². The first kappa shape index (κ1) is 14.2. The van der Waals surface area contributed by atoms with Gasteiger partial charge in [-0.15, -0.1) is 0 Å². The van der Waals surface area contributed by atoms with Crippen LogP contribution < -0.4 is 4.74 Å². The number of nitrogens with zero attached hydrogens (tertiary/aromatic N) is 2. The van der Waals surface area contributed by atoms with Crippen molar-refractivity contribution in [1.29, 1.82) is 0 Å². The molecular formula is C16H18N2O2. The van der Waals surface area contributed by atoms with Crippen LogP contribution in [0.1, 0.15) is 42.3 Å². The molecule has 1 aromatic heterocycles. The standard InChI is InChI=1S/C16H18N2O2/c1-11-5-6-13(16(2,3)4)14(7-11)20-15-17-8-12(10-19)9-18-15/h5-10H,1-4H3. The van der Waals surface area contributed by atoms with E-state index in [4.69, 9.17) is 4.74 Å². The van der Waals surface area contributed by atoms with Crippen LogP contribution in [-0.4, -0.2) is 16.3 Å². The van der Waals surface area contributed by atoms with Gasteiger partial charge in [0.2, 0.25) is 0 Å². The number of rotatable bonds is 3. The first-order valence-corrected chi connectivity index (χ1v) is 6.46. The maximum Gasteiger partial charge on any atom is 0.321 e. The van der Waals surface area contributed by atoms with Gasteiger partial charge < -0.3 is 4.74 Å². The van der Waals surface area contributed by atoms with Crippen LogP contribution in [0.25, 0.3) is 0 Å². The molecule has 0 saturated carbocycles. The molecule has 0 aliphatic heterocycles. The normalized spacial score (nSPS) is 11.2. The maximum atomic E-state index is 10.6. The zero-order valence-corrected chi connectivity index (χ0v) is 12.2. The molecule has 0 amide bonds. The summed E-state index contributed by atoms with van der Waals surface area (Å²) in [5.41, 5.74) is 2.59. The van der Waals surface area contributed by atoms with E-state index in [0.717, 1.165) is 16.9 Å². The number of aldehydes is 1. The van der Waals surface area contributed by atoms with Crippen molar-refractivity contribution in [1.82, 2.24) is 9.97 Å². The van der Waals surface area contributed by atoms with Gasteiger partial charge in [-0.05, 0) is 24.0 Å². The number of aryl methyl sites for hydroxylation is 1. The fourth-order valence-corrected chi connectivity index (χ4v) is 1.87. The Balaban J connectivity index is 2.36. The average molecular weight is 270 g/mol. The predicted molar refractivity (Wildman–Crippen MR) is 77.4 cm³/mol. The molecule has 4 heteroatoms. The Morgan fingerprint density at radius 3 is 2.35 bits per heavy atom. The van der Waals surface area contributed by atoms with E-state index in [0.29, 0.717) is 11.8 Å². The number of carbonyl (C=O) groups is 1. The Morgan fingerprint density at radius 1 is 1.15 bits per heavy atom. The highest BCUT2D eigenvalue weighted by Crippen LogP contribution is 2.33. The molecule has 0 atom stereocenters. The van der Waals surface area contributed by atoms with Crippen molar-refractivity contribution in [3.05, 3.63) is 47.3 Å². The summed E-state index contributed by atoms with van der Waals surface area (Å²) in [6.07, 6.45) is 3.60. The number of hydrogen-bond acceptors (Lipinski definition) is 4. The van der Waals surface area contributed by atoms with Crippen LogP contribution >= 0.6 is 0 Å². The number of aromatic nitrogens is 2. The number of carbonyl (C=O) groups excluding carboxylic acids is 1. The fourth-order valence-electron chi connectivity index (χ4n) is 1.87. The van der Waals surface area contributed by atoms with E-state index in [1.54, 1.807) is 0 Å². The number of ether oxygens (including phenoxy) is 1. The molecule has 0 fully saturated rings. The topological polar surface area (TPSA) is 52.1 Å². The molecule has 0 spiro atoms. The average Bonchev–Trinajstić information content (AvgIpc) is 2.38. The summed E-state index contributed by atoms with van der Waals surface area (Å²) < 4.78 is 5.78. The molecule has 1 aromatic carbocycles. The van der Waals surface area contributed by atoms with E-state index in [-0.39, 0.29) is 11.4 Å². The van der Waals surface area contributed by atoms with Crippen LogP contribution in [0.2, 0.25) is 0 Å². The van der Waals surface area contributed by atoms with Gasteiger partial charge in [0.05, 0.1) is 5.56 Å². The van der Waals surface area contributed by atoms with Crippen LogP contribution in [-0.2, 0) is 5.41 Å². The summed E-state index contributed by atoms with van der Waals surface area (Å²) >= 11 is 0. The lowest BCUT2D eigenvalue weighted by atomic mass is 9.86. The second-order valence-electron chi connectivity index (χ2n) is 5.77. The Kier molecular flexibility index (Phi) is 3.84. The highest BCUT2D eigenvalue weighted by atomic mass is 16.5.